The molecule has 0 bridgehead atoms. The van der Waals surface area contributed by atoms with Crippen LogP contribution in [0.5, 0.6) is 0 Å². The number of carboxylic acids is 1. The lowest BCUT2D eigenvalue weighted by atomic mass is 10.2. The highest BCUT2D eigenvalue weighted by Gasteiger charge is 2.28. The molecular formula is C16H24O5S. The molecule has 0 aromatic heterocycles. The molecule has 2 aliphatic rings. The molecule has 1 heterocycles. The van der Waals surface area contributed by atoms with Crippen molar-refractivity contribution in [1.29, 1.82) is 0 Å². The van der Waals surface area contributed by atoms with Crippen LogP contribution in [0.2, 0.25) is 0 Å². The molecular weight excluding hydrogens is 304 g/mol. The maximum absolute atomic E-state index is 11.9. The summed E-state index contributed by atoms with van der Waals surface area (Å²) in [7, 11) is 0. The lowest BCUT2D eigenvalue weighted by Gasteiger charge is -2.24. The molecule has 1 aliphatic carbocycles. The lowest BCUT2D eigenvalue weighted by Crippen LogP contribution is -2.26. The minimum atomic E-state index is -0.744. The summed E-state index contributed by atoms with van der Waals surface area (Å²) in [6.07, 6.45) is 7.88. The van der Waals surface area contributed by atoms with Gasteiger partial charge in [-0.05, 0) is 43.9 Å². The SMILES string of the molecule is O=C(O)CCCCCSC1=CC(OC2CCCCO2)CC1=O. The maximum Gasteiger partial charge on any atom is 0.303 e. The number of carbonyl (C=O) groups excluding carboxylic acids is 1. The van der Waals surface area contributed by atoms with Crippen LogP contribution in [0.3, 0.4) is 0 Å². The third kappa shape index (κ3) is 6.10. The van der Waals surface area contributed by atoms with E-state index < -0.39 is 5.97 Å². The molecule has 2 atom stereocenters. The van der Waals surface area contributed by atoms with E-state index in [1.807, 2.05) is 6.08 Å². The first-order valence-electron chi connectivity index (χ1n) is 8.02. The second-order valence-corrected chi connectivity index (χ2v) is 6.82. The van der Waals surface area contributed by atoms with Crippen molar-refractivity contribution in [2.75, 3.05) is 12.4 Å². The van der Waals surface area contributed by atoms with Gasteiger partial charge in [-0.2, -0.15) is 0 Å². The number of Topliss-reactive ketones (excluding diaryl/α,β-unsaturated/α-hetero) is 1. The molecule has 5 nitrogen and oxygen atoms in total. The van der Waals surface area contributed by atoms with Gasteiger partial charge < -0.3 is 14.6 Å². The predicted octanol–water partition coefficient (Wildman–Crippen LogP) is 3.13. The summed E-state index contributed by atoms with van der Waals surface area (Å²) >= 11 is 1.56. The van der Waals surface area contributed by atoms with Crippen molar-refractivity contribution in [2.45, 2.75) is 63.8 Å². The smallest absolute Gasteiger partial charge is 0.303 e. The third-order valence-corrected chi connectivity index (χ3v) is 4.92. The number of unbranched alkanes of at least 4 members (excludes halogenated alkanes) is 2. The molecule has 1 N–H and O–H groups in total. The summed E-state index contributed by atoms with van der Waals surface area (Å²) in [5.41, 5.74) is 0. The fourth-order valence-corrected chi connectivity index (χ4v) is 3.63. The molecule has 1 fully saturated rings. The Labute approximate surface area is 135 Å². The van der Waals surface area contributed by atoms with Crippen molar-refractivity contribution in [3.8, 4) is 0 Å². The predicted molar refractivity (Wildman–Crippen MR) is 84.7 cm³/mol. The maximum atomic E-state index is 11.9. The van der Waals surface area contributed by atoms with Crippen LogP contribution in [0.1, 0.15) is 51.4 Å². The summed E-state index contributed by atoms with van der Waals surface area (Å²) in [6, 6.07) is 0. The number of rotatable bonds is 9. The molecule has 2 rings (SSSR count). The highest BCUT2D eigenvalue weighted by atomic mass is 32.2. The zero-order chi connectivity index (χ0) is 15.8. The number of hydrogen-bond acceptors (Lipinski definition) is 5. The number of hydrogen-bond donors (Lipinski definition) is 1. The fraction of sp³-hybridized carbons (Fsp3) is 0.750. The van der Waals surface area contributed by atoms with E-state index >= 15 is 0 Å². The zero-order valence-corrected chi connectivity index (χ0v) is 13.6. The number of allylic oxidation sites excluding steroid dienone is 1. The Bertz CT molecular complexity index is 415. The normalized spacial score (nSPS) is 25.3. The minimum absolute atomic E-state index is 0.148. The van der Waals surface area contributed by atoms with Gasteiger partial charge in [0.1, 0.15) is 0 Å². The van der Waals surface area contributed by atoms with Crippen LogP contribution in [0.15, 0.2) is 11.0 Å². The first-order valence-corrected chi connectivity index (χ1v) is 9.00. The molecule has 0 spiro atoms. The van der Waals surface area contributed by atoms with Crippen molar-refractivity contribution in [3.05, 3.63) is 11.0 Å². The Balaban J connectivity index is 1.63. The Hall–Kier alpha value is -0.850. The highest BCUT2D eigenvalue weighted by Crippen LogP contribution is 2.30. The van der Waals surface area contributed by atoms with Crippen molar-refractivity contribution >= 4 is 23.5 Å². The van der Waals surface area contributed by atoms with Crippen LogP contribution < -0.4 is 0 Å². The van der Waals surface area contributed by atoms with E-state index in [1.54, 1.807) is 11.8 Å². The van der Waals surface area contributed by atoms with E-state index in [-0.39, 0.29) is 24.6 Å². The summed E-state index contributed by atoms with van der Waals surface area (Å²) in [4.78, 5) is 23.1. The monoisotopic (exact) mass is 328 g/mol. The van der Waals surface area contributed by atoms with Gasteiger partial charge in [0.15, 0.2) is 12.1 Å². The van der Waals surface area contributed by atoms with Crippen LogP contribution in [0, 0.1) is 0 Å². The third-order valence-electron chi connectivity index (χ3n) is 3.76. The molecule has 0 saturated carbocycles. The van der Waals surface area contributed by atoms with E-state index in [4.69, 9.17) is 14.6 Å². The Morgan fingerprint density at radius 2 is 2.23 bits per heavy atom. The van der Waals surface area contributed by atoms with Crippen LogP contribution >= 0.6 is 11.8 Å². The average Bonchev–Trinajstić information content (AvgIpc) is 2.83. The fourth-order valence-electron chi connectivity index (χ4n) is 2.57. The molecule has 2 unspecified atom stereocenters. The van der Waals surface area contributed by atoms with Gasteiger partial charge in [-0.1, -0.05) is 6.42 Å². The van der Waals surface area contributed by atoms with Crippen LogP contribution in [0.4, 0.5) is 0 Å². The summed E-state index contributed by atoms with van der Waals surface area (Å²) < 4.78 is 11.4. The summed E-state index contributed by atoms with van der Waals surface area (Å²) in [5, 5.41) is 8.56. The molecule has 124 valence electrons. The number of thioether (sulfide) groups is 1. The summed E-state index contributed by atoms with van der Waals surface area (Å²) in [6.45, 7) is 0.743. The topological polar surface area (TPSA) is 72.8 Å². The van der Waals surface area contributed by atoms with Gasteiger partial charge in [-0.3, -0.25) is 9.59 Å². The Kier molecular flexibility index (Phi) is 7.42. The van der Waals surface area contributed by atoms with Gasteiger partial charge >= 0.3 is 5.97 Å². The number of carboxylic acid groups (broad SMARTS) is 1. The van der Waals surface area contributed by atoms with Crippen molar-refractivity contribution < 1.29 is 24.2 Å². The van der Waals surface area contributed by atoms with E-state index in [0.717, 1.165) is 49.4 Å². The summed E-state index contributed by atoms with van der Waals surface area (Å²) in [5.74, 6) is 0.256. The first kappa shape index (κ1) is 17.5. The number of aliphatic carboxylic acids is 1. The van der Waals surface area contributed by atoms with Gasteiger partial charge in [0, 0.05) is 24.4 Å². The van der Waals surface area contributed by atoms with Crippen LogP contribution in [-0.4, -0.2) is 41.6 Å². The second kappa shape index (κ2) is 9.33. The first-order chi connectivity index (χ1) is 10.6. The van der Waals surface area contributed by atoms with Crippen molar-refractivity contribution in [1.82, 2.24) is 0 Å². The van der Waals surface area contributed by atoms with Gasteiger partial charge in [0.05, 0.1) is 6.10 Å². The molecule has 0 amide bonds. The number of ketones is 1. The minimum Gasteiger partial charge on any atom is -0.481 e. The number of carbonyl (C=O) groups is 2. The molecule has 6 heteroatoms. The van der Waals surface area contributed by atoms with E-state index in [0.29, 0.717) is 12.8 Å². The zero-order valence-electron chi connectivity index (χ0n) is 12.8. The van der Waals surface area contributed by atoms with Gasteiger partial charge in [-0.25, -0.2) is 0 Å². The average molecular weight is 328 g/mol. The van der Waals surface area contributed by atoms with Crippen LogP contribution in [-0.2, 0) is 19.1 Å². The molecule has 0 radical (unpaired) electrons. The van der Waals surface area contributed by atoms with Gasteiger partial charge in [0.2, 0.25) is 0 Å². The lowest BCUT2D eigenvalue weighted by molar-refractivity contribution is -0.178. The van der Waals surface area contributed by atoms with Gasteiger partial charge in [-0.15, -0.1) is 11.8 Å². The molecule has 0 aromatic carbocycles. The molecule has 0 aromatic rings. The second-order valence-electron chi connectivity index (χ2n) is 5.68. The van der Waals surface area contributed by atoms with Crippen molar-refractivity contribution in [3.63, 3.8) is 0 Å². The molecule has 1 saturated heterocycles. The van der Waals surface area contributed by atoms with E-state index in [1.165, 1.54) is 0 Å². The highest BCUT2D eigenvalue weighted by molar-refractivity contribution is 8.04. The molecule has 1 aliphatic heterocycles. The Morgan fingerprint density at radius 1 is 1.36 bits per heavy atom. The Morgan fingerprint density at radius 3 is 2.95 bits per heavy atom. The van der Waals surface area contributed by atoms with E-state index in [9.17, 15) is 9.59 Å². The number of ether oxygens (including phenoxy) is 2. The molecule has 22 heavy (non-hydrogen) atoms. The van der Waals surface area contributed by atoms with Crippen molar-refractivity contribution in [2.24, 2.45) is 0 Å². The van der Waals surface area contributed by atoms with Crippen LogP contribution in [0.25, 0.3) is 0 Å². The standard InChI is InChI=1S/C16H24O5S/c17-13-10-12(21-16-7-3-4-8-20-16)11-14(13)22-9-5-1-2-6-15(18)19/h11-12,16H,1-10H2,(H,18,19). The van der Waals surface area contributed by atoms with Gasteiger partial charge in [0.25, 0.3) is 0 Å². The quantitative estimate of drug-likeness (QED) is 0.656. The van der Waals surface area contributed by atoms with E-state index in [2.05, 4.69) is 0 Å². The largest absolute Gasteiger partial charge is 0.481 e.